The number of likely N-dealkylation sites (tertiary alicyclic amines) is 1. The summed E-state index contributed by atoms with van der Waals surface area (Å²) in [5.74, 6) is 1.69. The SMILES string of the molecule is CCN1CCC(c2ncc(Cl)n2C)C1. The van der Waals surface area contributed by atoms with Crippen molar-refractivity contribution in [2.75, 3.05) is 19.6 Å². The summed E-state index contributed by atoms with van der Waals surface area (Å²) < 4.78 is 1.99. The Hall–Kier alpha value is -0.540. The molecule has 0 bridgehead atoms. The van der Waals surface area contributed by atoms with Crippen LogP contribution in [0.25, 0.3) is 0 Å². The molecule has 1 unspecified atom stereocenters. The maximum atomic E-state index is 5.96. The Kier molecular flexibility index (Phi) is 2.79. The zero-order valence-electron chi connectivity index (χ0n) is 8.70. The van der Waals surface area contributed by atoms with Gasteiger partial charge in [0.1, 0.15) is 11.0 Å². The van der Waals surface area contributed by atoms with Crippen LogP contribution in [-0.2, 0) is 7.05 Å². The molecular formula is C10H16ClN3. The predicted molar refractivity (Wildman–Crippen MR) is 57.7 cm³/mol. The van der Waals surface area contributed by atoms with E-state index in [2.05, 4.69) is 16.8 Å². The van der Waals surface area contributed by atoms with E-state index in [0.29, 0.717) is 5.92 Å². The summed E-state index contributed by atoms with van der Waals surface area (Å²) in [6, 6.07) is 0. The minimum Gasteiger partial charge on any atom is -0.322 e. The number of hydrogen-bond acceptors (Lipinski definition) is 2. The number of rotatable bonds is 2. The van der Waals surface area contributed by atoms with Gasteiger partial charge in [0.25, 0.3) is 0 Å². The van der Waals surface area contributed by atoms with Crippen LogP contribution in [0, 0.1) is 0 Å². The number of imidazole rings is 1. The molecule has 1 aromatic heterocycles. The molecule has 0 saturated carbocycles. The number of halogens is 1. The lowest BCUT2D eigenvalue weighted by atomic mass is 10.1. The standard InChI is InChI=1S/C10H16ClN3/c1-3-14-5-4-8(7-14)10-12-6-9(11)13(10)2/h6,8H,3-5,7H2,1-2H3. The molecule has 0 amide bonds. The lowest BCUT2D eigenvalue weighted by Crippen LogP contribution is -2.20. The van der Waals surface area contributed by atoms with Crippen LogP contribution in [0.4, 0.5) is 0 Å². The Balaban J connectivity index is 2.13. The van der Waals surface area contributed by atoms with Crippen LogP contribution in [-0.4, -0.2) is 34.1 Å². The van der Waals surface area contributed by atoms with Gasteiger partial charge in [-0.1, -0.05) is 18.5 Å². The fourth-order valence-electron chi connectivity index (χ4n) is 2.11. The molecule has 2 heterocycles. The first-order valence-electron chi connectivity index (χ1n) is 5.11. The molecule has 0 aromatic carbocycles. The first-order valence-corrected chi connectivity index (χ1v) is 5.49. The van der Waals surface area contributed by atoms with Crippen LogP contribution in [0.15, 0.2) is 6.20 Å². The minimum absolute atomic E-state index is 0.562. The van der Waals surface area contributed by atoms with E-state index >= 15 is 0 Å². The molecule has 0 aliphatic carbocycles. The highest BCUT2D eigenvalue weighted by Gasteiger charge is 2.25. The molecule has 78 valence electrons. The second-order valence-corrected chi connectivity index (χ2v) is 4.26. The number of likely N-dealkylation sites (N-methyl/N-ethyl adjacent to an activating group) is 1. The Morgan fingerprint density at radius 2 is 2.43 bits per heavy atom. The quantitative estimate of drug-likeness (QED) is 0.748. The van der Waals surface area contributed by atoms with Gasteiger partial charge in [0, 0.05) is 19.5 Å². The molecule has 1 aromatic rings. The number of nitrogens with zero attached hydrogens (tertiary/aromatic N) is 3. The summed E-state index contributed by atoms with van der Waals surface area (Å²) in [6.45, 7) is 5.64. The van der Waals surface area contributed by atoms with Crippen molar-refractivity contribution in [2.45, 2.75) is 19.3 Å². The van der Waals surface area contributed by atoms with Gasteiger partial charge in [0.15, 0.2) is 0 Å². The molecular weight excluding hydrogens is 198 g/mol. The van der Waals surface area contributed by atoms with Gasteiger partial charge in [0.05, 0.1) is 6.20 Å². The molecule has 2 rings (SSSR count). The van der Waals surface area contributed by atoms with Gasteiger partial charge in [-0.15, -0.1) is 0 Å². The van der Waals surface area contributed by atoms with Crippen molar-refractivity contribution in [1.82, 2.24) is 14.5 Å². The summed E-state index contributed by atoms with van der Waals surface area (Å²) in [6.07, 6.45) is 2.94. The van der Waals surface area contributed by atoms with E-state index in [1.165, 1.54) is 13.0 Å². The Labute approximate surface area is 89.7 Å². The largest absolute Gasteiger partial charge is 0.322 e. The highest BCUT2D eigenvalue weighted by Crippen LogP contribution is 2.27. The van der Waals surface area contributed by atoms with E-state index in [4.69, 9.17) is 11.6 Å². The second kappa shape index (κ2) is 3.91. The lowest BCUT2D eigenvalue weighted by Gasteiger charge is -2.12. The maximum absolute atomic E-state index is 5.96. The van der Waals surface area contributed by atoms with Crippen LogP contribution >= 0.6 is 11.6 Å². The van der Waals surface area contributed by atoms with E-state index in [1.807, 2.05) is 11.6 Å². The minimum atomic E-state index is 0.562. The topological polar surface area (TPSA) is 21.1 Å². The van der Waals surface area contributed by atoms with E-state index in [-0.39, 0.29) is 0 Å². The van der Waals surface area contributed by atoms with Crippen LogP contribution in [0.2, 0.25) is 5.15 Å². The first-order chi connectivity index (χ1) is 6.72. The van der Waals surface area contributed by atoms with Gasteiger partial charge in [-0.05, 0) is 19.5 Å². The van der Waals surface area contributed by atoms with Gasteiger partial charge in [-0.3, -0.25) is 0 Å². The molecule has 0 N–H and O–H groups in total. The molecule has 4 heteroatoms. The molecule has 1 atom stereocenters. The summed E-state index contributed by atoms with van der Waals surface area (Å²) >= 11 is 5.96. The first kappa shape index (κ1) is 9.99. The average molecular weight is 214 g/mol. The van der Waals surface area contributed by atoms with E-state index in [0.717, 1.165) is 24.1 Å². The third-order valence-electron chi connectivity index (χ3n) is 3.05. The van der Waals surface area contributed by atoms with Crippen molar-refractivity contribution in [1.29, 1.82) is 0 Å². The number of aromatic nitrogens is 2. The molecule has 0 spiro atoms. The maximum Gasteiger partial charge on any atom is 0.128 e. The fourth-order valence-corrected chi connectivity index (χ4v) is 2.25. The van der Waals surface area contributed by atoms with Crippen molar-refractivity contribution in [3.8, 4) is 0 Å². The molecule has 1 saturated heterocycles. The van der Waals surface area contributed by atoms with E-state index in [9.17, 15) is 0 Å². The highest BCUT2D eigenvalue weighted by atomic mass is 35.5. The predicted octanol–water partition coefficient (Wildman–Crippen LogP) is 1.88. The Morgan fingerprint density at radius 1 is 1.64 bits per heavy atom. The zero-order chi connectivity index (χ0) is 10.1. The average Bonchev–Trinajstić information content (AvgIpc) is 2.75. The summed E-state index contributed by atoms with van der Waals surface area (Å²) in [5, 5.41) is 0.731. The third-order valence-corrected chi connectivity index (χ3v) is 3.40. The van der Waals surface area contributed by atoms with Crippen molar-refractivity contribution in [2.24, 2.45) is 7.05 Å². The molecule has 14 heavy (non-hydrogen) atoms. The molecule has 3 nitrogen and oxygen atoms in total. The van der Waals surface area contributed by atoms with Crippen molar-refractivity contribution in [3.05, 3.63) is 17.2 Å². The fraction of sp³-hybridized carbons (Fsp3) is 0.700. The normalized spacial score (nSPS) is 23.2. The van der Waals surface area contributed by atoms with Crippen molar-refractivity contribution in [3.63, 3.8) is 0 Å². The highest BCUT2D eigenvalue weighted by molar-refractivity contribution is 6.29. The van der Waals surface area contributed by atoms with E-state index in [1.54, 1.807) is 6.20 Å². The summed E-state index contributed by atoms with van der Waals surface area (Å²) in [4.78, 5) is 6.82. The van der Waals surface area contributed by atoms with Gasteiger partial charge >= 0.3 is 0 Å². The molecule has 1 aliphatic rings. The molecule has 0 radical (unpaired) electrons. The Bertz CT molecular complexity index is 321. The van der Waals surface area contributed by atoms with Crippen LogP contribution in [0.1, 0.15) is 25.1 Å². The number of hydrogen-bond donors (Lipinski definition) is 0. The van der Waals surface area contributed by atoms with Crippen molar-refractivity contribution >= 4 is 11.6 Å². The van der Waals surface area contributed by atoms with E-state index < -0.39 is 0 Å². The summed E-state index contributed by atoms with van der Waals surface area (Å²) in [7, 11) is 1.99. The Morgan fingerprint density at radius 3 is 2.93 bits per heavy atom. The summed E-state index contributed by atoms with van der Waals surface area (Å²) in [5.41, 5.74) is 0. The van der Waals surface area contributed by atoms with Gasteiger partial charge in [-0.25, -0.2) is 4.98 Å². The van der Waals surface area contributed by atoms with Crippen LogP contribution in [0.3, 0.4) is 0 Å². The third kappa shape index (κ3) is 1.66. The molecule has 1 aliphatic heterocycles. The van der Waals surface area contributed by atoms with Crippen molar-refractivity contribution < 1.29 is 0 Å². The van der Waals surface area contributed by atoms with Crippen LogP contribution < -0.4 is 0 Å². The second-order valence-electron chi connectivity index (χ2n) is 3.88. The molecule has 1 fully saturated rings. The lowest BCUT2D eigenvalue weighted by molar-refractivity contribution is 0.352. The van der Waals surface area contributed by atoms with Gasteiger partial charge < -0.3 is 9.47 Å². The monoisotopic (exact) mass is 213 g/mol. The van der Waals surface area contributed by atoms with Crippen LogP contribution in [0.5, 0.6) is 0 Å². The van der Waals surface area contributed by atoms with Gasteiger partial charge in [-0.2, -0.15) is 0 Å². The smallest absolute Gasteiger partial charge is 0.128 e. The zero-order valence-corrected chi connectivity index (χ0v) is 9.46. The van der Waals surface area contributed by atoms with Gasteiger partial charge in [0.2, 0.25) is 0 Å².